The number of anilines is 1. The van der Waals surface area contributed by atoms with Gasteiger partial charge in [-0.15, -0.1) is 0 Å². The van der Waals surface area contributed by atoms with Crippen molar-refractivity contribution in [2.75, 3.05) is 38.7 Å². The van der Waals surface area contributed by atoms with Gasteiger partial charge in [0.05, 0.1) is 13.0 Å². The minimum Gasteiger partial charge on any atom is -0.497 e. The molecule has 0 aliphatic carbocycles. The van der Waals surface area contributed by atoms with Gasteiger partial charge >= 0.3 is 0 Å². The number of nitrogens with zero attached hydrogens (tertiary/aromatic N) is 1. The van der Waals surface area contributed by atoms with Crippen LogP contribution >= 0.6 is 0 Å². The lowest BCUT2D eigenvalue weighted by atomic mass is 9.93. The van der Waals surface area contributed by atoms with E-state index in [0.717, 1.165) is 74.6 Å². The summed E-state index contributed by atoms with van der Waals surface area (Å²) in [6.07, 6.45) is 4.19. The summed E-state index contributed by atoms with van der Waals surface area (Å²) in [5.74, 6) is 0.990. The first-order chi connectivity index (χ1) is 14.2. The van der Waals surface area contributed by atoms with E-state index in [1.807, 2.05) is 48.5 Å². The molecule has 2 aliphatic heterocycles. The van der Waals surface area contributed by atoms with Crippen molar-refractivity contribution in [3.05, 3.63) is 48.5 Å². The molecule has 0 bridgehead atoms. The van der Waals surface area contributed by atoms with Gasteiger partial charge < -0.3 is 14.8 Å². The fourth-order valence-corrected chi connectivity index (χ4v) is 4.45. The molecule has 1 atom stereocenters. The standard InChI is InChI=1S/C24H30N2O3/c1-28-21-10-8-18(9-11-21)22-6-2-3-7-23(22)25-24(27)19-5-4-14-26(17-19)20-12-15-29-16-13-20/h2-3,6-11,19-20H,4-5,12-17H2,1H3,(H,25,27). The van der Waals surface area contributed by atoms with Crippen LogP contribution in [0.15, 0.2) is 48.5 Å². The first kappa shape index (κ1) is 19.9. The van der Waals surface area contributed by atoms with Gasteiger partial charge in [0.1, 0.15) is 5.75 Å². The average molecular weight is 395 g/mol. The molecule has 0 radical (unpaired) electrons. The van der Waals surface area contributed by atoms with Crippen molar-refractivity contribution in [1.29, 1.82) is 0 Å². The molecule has 2 aromatic carbocycles. The van der Waals surface area contributed by atoms with Gasteiger partial charge in [-0.1, -0.05) is 30.3 Å². The zero-order valence-electron chi connectivity index (χ0n) is 17.1. The number of nitrogens with one attached hydrogen (secondary N) is 1. The first-order valence-corrected chi connectivity index (χ1v) is 10.6. The fourth-order valence-electron chi connectivity index (χ4n) is 4.45. The number of amides is 1. The number of likely N-dealkylation sites (tertiary alicyclic amines) is 1. The van der Waals surface area contributed by atoms with Crippen LogP contribution in [-0.2, 0) is 9.53 Å². The van der Waals surface area contributed by atoms with Crippen LogP contribution in [0.2, 0.25) is 0 Å². The summed E-state index contributed by atoms with van der Waals surface area (Å²) in [7, 11) is 1.66. The molecular weight excluding hydrogens is 364 g/mol. The highest BCUT2D eigenvalue weighted by molar-refractivity contribution is 5.97. The lowest BCUT2D eigenvalue weighted by Crippen LogP contribution is -2.47. The van der Waals surface area contributed by atoms with Crippen molar-refractivity contribution in [2.45, 2.75) is 31.7 Å². The largest absolute Gasteiger partial charge is 0.497 e. The Kier molecular flexibility index (Phi) is 6.47. The quantitative estimate of drug-likeness (QED) is 0.826. The normalized spacial score (nSPS) is 20.9. The van der Waals surface area contributed by atoms with Gasteiger partial charge in [-0.25, -0.2) is 0 Å². The monoisotopic (exact) mass is 394 g/mol. The number of para-hydroxylation sites is 1. The second-order valence-electron chi connectivity index (χ2n) is 7.94. The SMILES string of the molecule is COc1ccc(-c2ccccc2NC(=O)C2CCCN(C3CCOCC3)C2)cc1. The van der Waals surface area contributed by atoms with E-state index in [0.29, 0.717) is 6.04 Å². The number of ether oxygens (including phenoxy) is 2. The van der Waals surface area contributed by atoms with Gasteiger partial charge in [-0.3, -0.25) is 9.69 Å². The molecule has 1 amide bonds. The summed E-state index contributed by atoms with van der Waals surface area (Å²) in [5.41, 5.74) is 2.96. The summed E-state index contributed by atoms with van der Waals surface area (Å²) in [4.78, 5) is 15.6. The summed E-state index contributed by atoms with van der Waals surface area (Å²) in [5, 5.41) is 3.21. The van der Waals surface area contributed by atoms with Gasteiger partial charge in [0, 0.05) is 37.1 Å². The summed E-state index contributed by atoms with van der Waals surface area (Å²) in [6.45, 7) is 3.62. The molecule has 4 rings (SSSR count). The van der Waals surface area contributed by atoms with Crippen molar-refractivity contribution in [3.8, 4) is 16.9 Å². The van der Waals surface area contributed by atoms with E-state index in [2.05, 4.69) is 10.2 Å². The minimum atomic E-state index is 0.0375. The van der Waals surface area contributed by atoms with E-state index in [4.69, 9.17) is 9.47 Å². The molecule has 2 aliphatic rings. The average Bonchev–Trinajstić information content (AvgIpc) is 2.80. The third-order valence-electron chi connectivity index (χ3n) is 6.12. The zero-order chi connectivity index (χ0) is 20.1. The lowest BCUT2D eigenvalue weighted by Gasteiger charge is -2.39. The lowest BCUT2D eigenvalue weighted by molar-refractivity contribution is -0.122. The number of benzene rings is 2. The highest BCUT2D eigenvalue weighted by Crippen LogP contribution is 2.30. The van der Waals surface area contributed by atoms with Gasteiger partial charge in [0.2, 0.25) is 5.91 Å². The van der Waals surface area contributed by atoms with E-state index in [-0.39, 0.29) is 11.8 Å². The predicted molar refractivity (Wildman–Crippen MR) is 115 cm³/mol. The molecule has 5 nitrogen and oxygen atoms in total. The minimum absolute atomic E-state index is 0.0375. The number of methoxy groups -OCH3 is 1. The topological polar surface area (TPSA) is 50.8 Å². The van der Waals surface area contributed by atoms with Crippen molar-refractivity contribution in [1.82, 2.24) is 4.90 Å². The first-order valence-electron chi connectivity index (χ1n) is 10.6. The Morgan fingerprint density at radius 2 is 1.83 bits per heavy atom. The molecule has 1 N–H and O–H groups in total. The smallest absolute Gasteiger partial charge is 0.228 e. The predicted octanol–water partition coefficient (Wildman–Crippen LogP) is 4.19. The Labute approximate surface area is 173 Å². The van der Waals surface area contributed by atoms with Gasteiger partial charge in [0.25, 0.3) is 0 Å². The van der Waals surface area contributed by atoms with Gasteiger partial charge in [-0.2, -0.15) is 0 Å². The Hall–Kier alpha value is -2.37. The highest BCUT2D eigenvalue weighted by Gasteiger charge is 2.30. The molecular formula is C24H30N2O3. The molecule has 0 saturated carbocycles. The Morgan fingerprint density at radius 1 is 1.07 bits per heavy atom. The maximum atomic E-state index is 13.1. The van der Waals surface area contributed by atoms with E-state index >= 15 is 0 Å². The van der Waals surface area contributed by atoms with Crippen LogP contribution < -0.4 is 10.1 Å². The van der Waals surface area contributed by atoms with Crippen LogP contribution in [0.3, 0.4) is 0 Å². The molecule has 29 heavy (non-hydrogen) atoms. The Bertz CT molecular complexity index is 815. The molecule has 5 heteroatoms. The van der Waals surface area contributed by atoms with Crippen molar-refractivity contribution in [3.63, 3.8) is 0 Å². The number of carbonyl (C=O) groups excluding carboxylic acids is 1. The molecule has 0 spiro atoms. The van der Waals surface area contributed by atoms with Crippen LogP contribution in [0.4, 0.5) is 5.69 Å². The van der Waals surface area contributed by atoms with Crippen LogP contribution in [0.1, 0.15) is 25.7 Å². The van der Waals surface area contributed by atoms with Crippen LogP contribution in [0.5, 0.6) is 5.75 Å². The molecule has 154 valence electrons. The van der Waals surface area contributed by atoms with Gasteiger partial charge in [-0.05, 0) is 56.0 Å². The number of hydrogen-bond acceptors (Lipinski definition) is 4. The van der Waals surface area contributed by atoms with E-state index in [1.54, 1.807) is 7.11 Å². The van der Waals surface area contributed by atoms with Crippen LogP contribution in [-0.4, -0.2) is 50.3 Å². The van der Waals surface area contributed by atoms with E-state index in [1.165, 1.54) is 0 Å². The third kappa shape index (κ3) is 4.80. The molecule has 1 unspecified atom stereocenters. The van der Waals surface area contributed by atoms with Crippen molar-refractivity contribution < 1.29 is 14.3 Å². The summed E-state index contributed by atoms with van der Waals surface area (Å²) < 4.78 is 10.8. The molecule has 2 aromatic rings. The maximum absolute atomic E-state index is 13.1. The Balaban J connectivity index is 1.45. The number of rotatable bonds is 5. The van der Waals surface area contributed by atoms with E-state index in [9.17, 15) is 4.79 Å². The Morgan fingerprint density at radius 3 is 2.59 bits per heavy atom. The van der Waals surface area contributed by atoms with Crippen molar-refractivity contribution >= 4 is 11.6 Å². The summed E-state index contributed by atoms with van der Waals surface area (Å²) >= 11 is 0. The number of hydrogen-bond donors (Lipinski definition) is 1. The summed E-state index contributed by atoms with van der Waals surface area (Å²) in [6, 6.07) is 16.5. The van der Waals surface area contributed by atoms with Crippen LogP contribution in [0.25, 0.3) is 11.1 Å². The highest BCUT2D eigenvalue weighted by atomic mass is 16.5. The van der Waals surface area contributed by atoms with E-state index < -0.39 is 0 Å². The second-order valence-corrected chi connectivity index (χ2v) is 7.94. The van der Waals surface area contributed by atoms with Crippen molar-refractivity contribution in [2.24, 2.45) is 5.92 Å². The molecule has 2 fully saturated rings. The number of piperidine rings is 1. The zero-order valence-corrected chi connectivity index (χ0v) is 17.1. The second kappa shape index (κ2) is 9.42. The maximum Gasteiger partial charge on any atom is 0.228 e. The molecule has 2 saturated heterocycles. The van der Waals surface area contributed by atoms with Gasteiger partial charge in [0.15, 0.2) is 0 Å². The molecule has 0 aromatic heterocycles. The number of carbonyl (C=O) groups is 1. The fraction of sp³-hybridized carbons (Fsp3) is 0.458. The molecule has 2 heterocycles. The third-order valence-corrected chi connectivity index (χ3v) is 6.12. The van der Waals surface area contributed by atoms with Crippen LogP contribution in [0, 0.1) is 5.92 Å².